The van der Waals surface area contributed by atoms with Crippen molar-refractivity contribution in [2.24, 2.45) is 17.6 Å². The van der Waals surface area contributed by atoms with Gasteiger partial charge in [0.25, 0.3) is 0 Å². The van der Waals surface area contributed by atoms with Crippen molar-refractivity contribution in [2.45, 2.75) is 57.9 Å². The molecule has 94 valence electrons. The zero-order valence-corrected chi connectivity index (χ0v) is 10.8. The zero-order chi connectivity index (χ0) is 11.4. The molecule has 1 saturated heterocycles. The fourth-order valence-corrected chi connectivity index (χ4v) is 3.60. The van der Waals surface area contributed by atoms with Crippen LogP contribution in [0.5, 0.6) is 0 Å². The van der Waals surface area contributed by atoms with E-state index in [1.54, 1.807) is 0 Å². The van der Waals surface area contributed by atoms with Crippen molar-refractivity contribution < 1.29 is 0 Å². The van der Waals surface area contributed by atoms with Crippen LogP contribution in [0.4, 0.5) is 0 Å². The van der Waals surface area contributed by atoms with Gasteiger partial charge in [-0.1, -0.05) is 13.3 Å². The van der Waals surface area contributed by atoms with E-state index in [4.69, 9.17) is 5.73 Å². The quantitative estimate of drug-likeness (QED) is 0.778. The second-order valence-electron chi connectivity index (χ2n) is 5.92. The average molecular weight is 224 g/mol. The highest BCUT2D eigenvalue weighted by Gasteiger charge is 2.34. The van der Waals surface area contributed by atoms with Gasteiger partial charge in [-0.3, -0.25) is 0 Å². The van der Waals surface area contributed by atoms with Gasteiger partial charge in [-0.05, 0) is 70.0 Å². The van der Waals surface area contributed by atoms with Gasteiger partial charge in [0, 0.05) is 6.04 Å². The summed E-state index contributed by atoms with van der Waals surface area (Å²) in [5.74, 6) is 1.75. The van der Waals surface area contributed by atoms with E-state index in [1.165, 1.54) is 58.0 Å². The standard InChI is InChI=1S/C14H28N2/c1-12(11-15)5-3-9-16-10-4-7-13-6-2-8-14(13)16/h12-14H,2-11,15H2,1H3. The second-order valence-corrected chi connectivity index (χ2v) is 5.92. The van der Waals surface area contributed by atoms with Crippen LogP contribution >= 0.6 is 0 Å². The molecule has 0 amide bonds. The lowest BCUT2D eigenvalue weighted by Crippen LogP contribution is -2.43. The van der Waals surface area contributed by atoms with E-state index in [0.717, 1.165) is 18.5 Å². The van der Waals surface area contributed by atoms with Crippen LogP contribution in [0.25, 0.3) is 0 Å². The van der Waals surface area contributed by atoms with Crippen LogP contribution in [0.2, 0.25) is 0 Å². The fourth-order valence-electron chi connectivity index (χ4n) is 3.60. The minimum atomic E-state index is 0.712. The Kier molecular flexibility index (Phi) is 4.66. The Hall–Kier alpha value is -0.0800. The molecule has 0 radical (unpaired) electrons. The topological polar surface area (TPSA) is 29.3 Å². The highest BCUT2D eigenvalue weighted by Crippen LogP contribution is 2.36. The monoisotopic (exact) mass is 224 g/mol. The van der Waals surface area contributed by atoms with Gasteiger partial charge in [-0.15, -0.1) is 0 Å². The Morgan fingerprint density at radius 2 is 2.06 bits per heavy atom. The van der Waals surface area contributed by atoms with Gasteiger partial charge >= 0.3 is 0 Å². The van der Waals surface area contributed by atoms with Gasteiger partial charge in [-0.2, -0.15) is 0 Å². The fraction of sp³-hybridized carbons (Fsp3) is 1.00. The van der Waals surface area contributed by atoms with E-state index >= 15 is 0 Å². The number of hydrogen-bond acceptors (Lipinski definition) is 2. The Bertz CT molecular complexity index is 205. The molecule has 2 nitrogen and oxygen atoms in total. The van der Waals surface area contributed by atoms with Gasteiger partial charge in [-0.25, -0.2) is 0 Å². The molecule has 1 aliphatic carbocycles. The molecule has 1 saturated carbocycles. The number of piperidine rings is 1. The third kappa shape index (κ3) is 2.98. The summed E-state index contributed by atoms with van der Waals surface area (Å²) in [5, 5.41) is 0. The first-order chi connectivity index (χ1) is 7.81. The highest BCUT2D eigenvalue weighted by molar-refractivity contribution is 4.88. The Balaban J connectivity index is 1.71. The number of nitrogens with zero attached hydrogens (tertiary/aromatic N) is 1. The van der Waals surface area contributed by atoms with Gasteiger partial charge in [0.2, 0.25) is 0 Å². The van der Waals surface area contributed by atoms with Crippen LogP contribution in [0.3, 0.4) is 0 Å². The largest absolute Gasteiger partial charge is 0.330 e. The Labute approximate surface area is 101 Å². The molecule has 0 aromatic rings. The lowest BCUT2D eigenvalue weighted by atomic mass is 9.91. The molecule has 0 spiro atoms. The van der Waals surface area contributed by atoms with Crippen LogP contribution in [0, 0.1) is 11.8 Å². The van der Waals surface area contributed by atoms with E-state index in [-0.39, 0.29) is 0 Å². The summed E-state index contributed by atoms with van der Waals surface area (Å²) in [6, 6.07) is 0.946. The summed E-state index contributed by atoms with van der Waals surface area (Å²) >= 11 is 0. The second kappa shape index (κ2) is 6.02. The number of hydrogen-bond donors (Lipinski definition) is 1. The normalized spacial score (nSPS) is 32.6. The van der Waals surface area contributed by atoms with Gasteiger partial charge in [0.1, 0.15) is 0 Å². The van der Waals surface area contributed by atoms with Crippen molar-refractivity contribution in [3.05, 3.63) is 0 Å². The predicted octanol–water partition coefficient (Wildman–Crippen LogP) is 2.63. The van der Waals surface area contributed by atoms with E-state index in [9.17, 15) is 0 Å². The summed E-state index contributed by atoms with van der Waals surface area (Å²) in [7, 11) is 0. The first-order valence-corrected chi connectivity index (χ1v) is 7.25. The number of likely N-dealkylation sites (tertiary alicyclic amines) is 1. The number of fused-ring (bicyclic) bond motifs is 1. The molecule has 1 heterocycles. The molecule has 0 bridgehead atoms. The molecule has 3 unspecified atom stereocenters. The lowest BCUT2D eigenvalue weighted by molar-refractivity contribution is 0.110. The van der Waals surface area contributed by atoms with Crippen LogP contribution < -0.4 is 5.73 Å². The SMILES string of the molecule is CC(CN)CCCN1CCCC2CCCC21. The molecule has 3 atom stereocenters. The van der Waals surface area contributed by atoms with E-state index in [2.05, 4.69) is 11.8 Å². The number of nitrogens with two attached hydrogens (primary N) is 1. The molecule has 2 aliphatic rings. The average Bonchev–Trinajstić information content (AvgIpc) is 2.77. The summed E-state index contributed by atoms with van der Waals surface area (Å²) in [6.45, 7) is 5.81. The van der Waals surface area contributed by atoms with E-state index < -0.39 is 0 Å². The molecule has 16 heavy (non-hydrogen) atoms. The minimum Gasteiger partial charge on any atom is -0.330 e. The third-order valence-corrected chi connectivity index (χ3v) is 4.65. The molecule has 0 aromatic heterocycles. The summed E-state index contributed by atoms with van der Waals surface area (Å²) in [5.41, 5.74) is 5.66. The van der Waals surface area contributed by atoms with Crippen molar-refractivity contribution in [1.82, 2.24) is 4.90 Å². The highest BCUT2D eigenvalue weighted by atomic mass is 15.2. The third-order valence-electron chi connectivity index (χ3n) is 4.65. The smallest absolute Gasteiger partial charge is 0.0123 e. The first kappa shape index (κ1) is 12.4. The van der Waals surface area contributed by atoms with Crippen LogP contribution in [-0.2, 0) is 0 Å². The van der Waals surface area contributed by atoms with Gasteiger partial charge < -0.3 is 10.6 Å². The predicted molar refractivity (Wildman–Crippen MR) is 69.4 cm³/mol. The molecular weight excluding hydrogens is 196 g/mol. The lowest BCUT2D eigenvalue weighted by Gasteiger charge is -2.38. The summed E-state index contributed by atoms with van der Waals surface area (Å²) in [6.07, 6.45) is 10.0. The summed E-state index contributed by atoms with van der Waals surface area (Å²) < 4.78 is 0. The van der Waals surface area contributed by atoms with Crippen LogP contribution in [0.15, 0.2) is 0 Å². The molecule has 1 aliphatic heterocycles. The van der Waals surface area contributed by atoms with Gasteiger partial charge in [0.15, 0.2) is 0 Å². The maximum absolute atomic E-state index is 5.66. The molecule has 2 heteroatoms. The van der Waals surface area contributed by atoms with Crippen molar-refractivity contribution in [3.8, 4) is 0 Å². The Morgan fingerprint density at radius 1 is 1.25 bits per heavy atom. The molecular formula is C14H28N2. The number of rotatable bonds is 5. The van der Waals surface area contributed by atoms with Crippen molar-refractivity contribution in [3.63, 3.8) is 0 Å². The van der Waals surface area contributed by atoms with Crippen LogP contribution in [-0.4, -0.2) is 30.6 Å². The van der Waals surface area contributed by atoms with E-state index in [0.29, 0.717) is 5.92 Å². The van der Waals surface area contributed by atoms with Crippen LogP contribution in [0.1, 0.15) is 51.9 Å². The van der Waals surface area contributed by atoms with E-state index in [1.807, 2.05) is 0 Å². The maximum atomic E-state index is 5.66. The molecule has 2 N–H and O–H groups in total. The molecule has 0 aromatic carbocycles. The van der Waals surface area contributed by atoms with Crippen molar-refractivity contribution in [1.29, 1.82) is 0 Å². The Morgan fingerprint density at radius 3 is 2.88 bits per heavy atom. The summed E-state index contributed by atoms with van der Waals surface area (Å²) in [4.78, 5) is 2.78. The maximum Gasteiger partial charge on any atom is 0.0123 e. The molecule has 2 fully saturated rings. The minimum absolute atomic E-state index is 0.712. The zero-order valence-electron chi connectivity index (χ0n) is 10.8. The first-order valence-electron chi connectivity index (χ1n) is 7.25. The molecule has 2 rings (SSSR count). The van der Waals surface area contributed by atoms with Gasteiger partial charge in [0.05, 0.1) is 0 Å². The van der Waals surface area contributed by atoms with Crippen molar-refractivity contribution in [2.75, 3.05) is 19.6 Å². The van der Waals surface area contributed by atoms with Crippen molar-refractivity contribution >= 4 is 0 Å².